The molecule has 0 saturated heterocycles. The van der Waals surface area contributed by atoms with Crippen molar-refractivity contribution in [3.05, 3.63) is 45.5 Å². The average Bonchev–Trinajstić information content (AvgIpc) is 2.67. The zero-order valence-electron chi connectivity index (χ0n) is 9.43. The molecule has 0 unspecified atom stereocenters. The van der Waals surface area contributed by atoms with E-state index in [9.17, 15) is 15.2 Å². The van der Waals surface area contributed by atoms with E-state index in [2.05, 4.69) is 0 Å². The van der Waals surface area contributed by atoms with E-state index >= 15 is 0 Å². The van der Waals surface area contributed by atoms with Gasteiger partial charge in [-0.05, 0) is 29.4 Å². The number of aromatic hydroxyl groups is 1. The van der Waals surface area contributed by atoms with Crippen molar-refractivity contribution in [2.24, 2.45) is 0 Å². The smallest absolute Gasteiger partial charge is 0.502 e. The third kappa shape index (κ3) is 1.73. The van der Waals surface area contributed by atoms with E-state index in [4.69, 9.17) is 0 Å². The van der Waals surface area contributed by atoms with Crippen LogP contribution < -0.4 is 29.6 Å². The van der Waals surface area contributed by atoms with Crippen molar-refractivity contribution >= 4 is 16.5 Å². The van der Waals surface area contributed by atoms with Crippen LogP contribution in [0.25, 0.3) is 10.8 Å². The van der Waals surface area contributed by atoms with Crippen molar-refractivity contribution in [1.82, 2.24) is 0 Å². The zero-order chi connectivity index (χ0) is 11.3. The summed E-state index contributed by atoms with van der Waals surface area (Å²) in [4.78, 5) is 10.3. The number of phenolic OH excluding ortho intramolecular Hbond substituents is 1. The van der Waals surface area contributed by atoms with Gasteiger partial charge < -0.3 is 5.11 Å². The Labute approximate surface area is 120 Å². The summed E-state index contributed by atoms with van der Waals surface area (Å²) in [6, 6.07) is 7.06. The molecule has 0 bridgehead atoms. The maximum atomic E-state index is 10.8. The second-order valence-corrected chi connectivity index (χ2v) is 4.00. The number of hydrogen-bond donors (Lipinski definition) is 1. The van der Waals surface area contributed by atoms with Crippen LogP contribution in [-0.4, -0.2) is 10.0 Å². The Hall–Kier alpha value is -1.10. The molecule has 17 heavy (non-hydrogen) atoms. The van der Waals surface area contributed by atoms with Gasteiger partial charge in [-0.25, -0.2) is 0 Å². The summed E-state index contributed by atoms with van der Waals surface area (Å²) in [6.45, 7) is 0. The molecule has 0 heterocycles. The summed E-state index contributed by atoms with van der Waals surface area (Å²) < 4.78 is 0. The first-order chi connectivity index (χ1) is 7.68. The molecule has 3 rings (SSSR count). The summed E-state index contributed by atoms with van der Waals surface area (Å²) in [5.74, 6) is -0.215. The molecule has 80 valence electrons. The van der Waals surface area contributed by atoms with Crippen molar-refractivity contribution in [2.45, 2.75) is 12.8 Å². The fraction of sp³-hybridized carbons (Fsp3) is 0.167. The quantitative estimate of drug-likeness (QED) is 0.416. The SMILES string of the molecule is O=[N+]([O-])c1cc2c3c(cccc3c1O)CC2.[Na+]. The maximum absolute atomic E-state index is 10.8. The standard InChI is InChI=1S/C12H9NO3.Na/c14-12-9-3-1-2-7-4-5-8(11(7)9)6-10(12)13(15)16;/h1-3,6,14H,4-5H2;/q;+1. The predicted molar refractivity (Wildman–Crippen MR) is 59.7 cm³/mol. The first-order valence-electron chi connectivity index (χ1n) is 5.09. The zero-order valence-corrected chi connectivity index (χ0v) is 11.4. The number of hydrogen-bond acceptors (Lipinski definition) is 3. The van der Waals surface area contributed by atoms with Crippen LogP contribution in [0.3, 0.4) is 0 Å². The molecule has 1 aliphatic rings. The number of benzene rings is 2. The maximum Gasteiger partial charge on any atom is 1.00 e. The Morgan fingerprint density at radius 2 is 1.94 bits per heavy atom. The van der Waals surface area contributed by atoms with E-state index in [-0.39, 0.29) is 41.0 Å². The van der Waals surface area contributed by atoms with E-state index in [0.29, 0.717) is 5.39 Å². The van der Waals surface area contributed by atoms with E-state index in [0.717, 1.165) is 29.4 Å². The number of nitrogens with zero attached hydrogens (tertiary/aromatic N) is 1. The van der Waals surface area contributed by atoms with Crippen LogP contribution in [0, 0.1) is 10.1 Å². The van der Waals surface area contributed by atoms with Gasteiger partial charge in [0, 0.05) is 11.5 Å². The molecule has 0 spiro atoms. The van der Waals surface area contributed by atoms with Gasteiger partial charge in [-0.2, -0.15) is 0 Å². The first kappa shape index (κ1) is 12.4. The van der Waals surface area contributed by atoms with E-state index < -0.39 is 4.92 Å². The molecule has 0 aromatic heterocycles. The molecule has 0 radical (unpaired) electrons. The second-order valence-electron chi connectivity index (χ2n) is 4.00. The van der Waals surface area contributed by atoms with Gasteiger partial charge in [0.25, 0.3) is 0 Å². The Kier molecular flexibility index (Phi) is 3.12. The molecule has 4 nitrogen and oxygen atoms in total. The third-order valence-electron chi connectivity index (χ3n) is 3.14. The van der Waals surface area contributed by atoms with Gasteiger partial charge in [-0.1, -0.05) is 18.2 Å². The second kappa shape index (κ2) is 4.29. The normalized spacial score (nSPS) is 12.5. The van der Waals surface area contributed by atoms with E-state index in [1.165, 1.54) is 6.07 Å². The van der Waals surface area contributed by atoms with Crippen LogP contribution >= 0.6 is 0 Å². The van der Waals surface area contributed by atoms with Crippen LogP contribution in [0.15, 0.2) is 24.3 Å². The fourth-order valence-electron chi connectivity index (χ4n) is 2.43. The molecular formula is C12H9NNaO3+. The van der Waals surface area contributed by atoms with Crippen molar-refractivity contribution in [3.8, 4) is 5.75 Å². The minimum atomic E-state index is -0.531. The van der Waals surface area contributed by atoms with Gasteiger partial charge in [0.15, 0.2) is 0 Å². The monoisotopic (exact) mass is 238 g/mol. The minimum Gasteiger partial charge on any atom is -0.502 e. The summed E-state index contributed by atoms with van der Waals surface area (Å²) >= 11 is 0. The minimum absolute atomic E-state index is 0. The topological polar surface area (TPSA) is 63.4 Å². The molecule has 2 aromatic carbocycles. The Morgan fingerprint density at radius 3 is 2.65 bits per heavy atom. The molecule has 0 atom stereocenters. The predicted octanol–water partition coefficient (Wildman–Crippen LogP) is -0.444. The third-order valence-corrected chi connectivity index (χ3v) is 3.14. The molecule has 0 aliphatic heterocycles. The van der Waals surface area contributed by atoms with Gasteiger partial charge in [0.1, 0.15) is 0 Å². The molecule has 1 aliphatic carbocycles. The first-order valence-corrected chi connectivity index (χ1v) is 5.09. The summed E-state index contributed by atoms with van der Waals surface area (Å²) in [6.07, 6.45) is 1.71. The van der Waals surface area contributed by atoms with Crippen molar-refractivity contribution in [2.75, 3.05) is 0 Å². The van der Waals surface area contributed by atoms with Crippen molar-refractivity contribution < 1.29 is 39.6 Å². The number of nitro benzene ring substituents is 1. The van der Waals surface area contributed by atoms with Crippen LogP contribution in [0.2, 0.25) is 0 Å². The van der Waals surface area contributed by atoms with Gasteiger partial charge >= 0.3 is 35.2 Å². The van der Waals surface area contributed by atoms with Crippen LogP contribution in [0.4, 0.5) is 5.69 Å². The summed E-state index contributed by atoms with van der Waals surface area (Å²) in [5, 5.41) is 22.2. The molecule has 5 heteroatoms. The molecular weight excluding hydrogens is 229 g/mol. The Balaban J connectivity index is 0.00000108. The Bertz CT molecular complexity index is 625. The number of aryl methyl sites for hydroxylation is 2. The van der Waals surface area contributed by atoms with Crippen LogP contribution in [0.5, 0.6) is 5.75 Å². The Morgan fingerprint density at radius 1 is 1.24 bits per heavy atom. The average molecular weight is 238 g/mol. The summed E-state index contributed by atoms with van der Waals surface area (Å²) in [7, 11) is 0. The van der Waals surface area contributed by atoms with Crippen LogP contribution in [-0.2, 0) is 12.8 Å². The van der Waals surface area contributed by atoms with Gasteiger partial charge in [0.05, 0.1) is 4.92 Å². The number of rotatable bonds is 1. The van der Waals surface area contributed by atoms with Crippen molar-refractivity contribution in [3.63, 3.8) is 0 Å². The van der Waals surface area contributed by atoms with Gasteiger partial charge in [0.2, 0.25) is 5.75 Å². The van der Waals surface area contributed by atoms with Crippen molar-refractivity contribution in [1.29, 1.82) is 0 Å². The molecule has 0 amide bonds. The largest absolute Gasteiger partial charge is 1.00 e. The number of nitro groups is 1. The van der Waals surface area contributed by atoms with E-state index in [1.807, 2.05) is 12.1 Å². The summed E-state index contributed by atoms with van der Waals surface area (Å²) in [5.41, 5.74) is 1.94. The van der Waals surface area contributed by atoms with Gasteiger partial charge in [-0.3, -0.25) is 10.1 Å². The number of phenols is 1. The fourth-order valence-corrected chi connectivity index (χ4v) is 2.43. The van der Waals surface area contributed by atoms with E-state index in [1.54, 1.807) is 6.07 Å². The molecule has 1 N–H and O–H groups in total. The van der Waals surface area contributed by atoms with Gasteiger partial charge in [-0.15, -0.1) is 0 Å². The van der Waals surface area contributed by atoms with Crippen LogP contribution in [0.1, 0.15) is 11.1 Å². The molecule has 0 saturated carbocycles. The molecule has 2 aromatic rings. The molecule has 0 fully saturated rings.